The molecule has 1 amide bonds. The zero-order valence-electron chi connectivity index (χ0n) is 17.2. The Morgan fingerprint density at radius 3 is 2.18 bits per heavy atom. The molecule has 0 spiro atoms. The molecule has 1 atom stereocenters. The van der Waals surface area contributed by atoms with Gasteiger partial charge in [0.05, 0.1) is 17.4 Å². The number of benzene rings is 1. The predicted octanol–water partition coefficient (Wildman–Crippen LogP) is 3.38. The van der Waals surface area contributed by atoms with Crippen LogP contribution < -0.4 is 4.90 Å². The smallest absolute Gasteiger partial charge is 0.254 e. The molecule has 0 bridgehead atoms. The van der Waals surface area contributed by atoms with Gasteiger partial charge in [0.2, 0.25) is 0 Å². The maximum atomic E-state index is 12.9. The number of rotatable bonds is 5. The fourth-order valence-electron chi connectivity index (χ4n) is 3.25. The highest BCUT2D eigenvalue weighted by atomic mass is 16.2. The maximum Gasteiger partial charge on any atom is 0.254 e. The SMILES string of the molecule is Cc1n[nH]c(C)c1[C@H](C)N(C)C(=O)c1ccc(-c2ccc(N(C)C)nn2)cc1. The minimum atomic E-state index is -0.0737. The van der Waals surface area contributed by atoms with Crippen molar-refractivity contribution in [2.45, 2.75) is 26.8 Å². The third kappa shape index (κ3) is 3.74. The molecule has 0 aliphatic rings. The van der Waals surface area contributed by atoms with E-state index in [2.05, 4.69) is 20.4 Å². The van der Waals surface area contributed by atoms with Gasteiger partial charge in [-0.15, -0.1) is 10.2 Å². The number of aryl methyl sites for hydroxylation is 2. The summed E-state index contributed by atoms with van der Waals surface area (Å²) in [7, 11) is 5.67. The fourth-order valence-corrected chi connectivity index (χ4v) is 3.25. The molecule has 3 rings (SSSR count). The third-order valence-corrected chi connectivity index (χ3v) is 5.04. The molecular weight excluding hydrogens is 352 g/mol. The van der Waals surface area contributed by atoms with E-state index in [4.69, 9.17) is 0 Å². The van der Waals surface area contributed by atoms with Gasteiger partial charge in [0.15, 0.2) is 5.82 Å². The molecule has 0 unspecified atom stereocenters. The van der Waals surface area contributed by atoms with E-state index in [1.807, 2.05) is 83.2 Å². The van der Waals surface area contributed by atoms with Gasteiger partial charge in [-0.1, -0.05) is 12.1 Å². The molecule has 2 aromatic heterocycles. The molecule has 7 heteroatoms. The van der Waals surface area contributed by atoms with Crippen LogP contribution in [0.3, 0.4) is 0 Å². The normalized spacial score (nSPS) is 11.9. The minimum Gasteiger partial charge on any atom is -0.361 e. The Hall–Kier alpha value is -3.22. The van der Waals surface area contributed by atoms with Crippen LogP contribution in [0.15, 0.2) is 36.4 Å². The highest BCUT2D eigenvalue weighted by Crippen LogP contribution is 2.26. The molecule has 28 heavy (non-hydrogen) atoms. The monoisotopic (exact) mass is 378 g/mol. The van der Waals surface area contributed by atoms with Crippen LogP contribution in [0, 0.1) is 13.8 Å². The molecule has 3 aromatic rings. The number of hydrogen-bond acceptors (Lipinski definition) is 5. The number of amides is 1. The molecule has 0 saturated carbocycles. The molecule has 146 valence electrons. The van der Waals surface area contributed by atoms with Crippen LogP contribution in [0.4, 0.5) is 5.82 Å². The number of carbonyl (C=O) groups is 1. The quantitative estimate of drug-likeness (QED) is 0.736. The summed E-state index contributed by atoms with van der Waals surface area (Å²) in [5.74, 6) is 0.768. The van der Waals surface area contributed by atoms with E-state index >= 15 is 0 Å². The van der Waals surface area contributed by atoms with Crippen molar-refractivity contribution >= 4 is 11.7 Å². The van der Waals surface area contributed by atoms with Crippen LogP contribution in [0.1, 0.15) is 40.3 Å². The van der Waals surface area contributed by atoms with Crippen LogP contribution in [0.5, 0.6) is 0 Å². The second-order valence-corrected chi connectivity index (χ2v) is 7.19. The first-order chi connectivity index (χ1) is 13.3. The first-order valence-electron chi connectivity index (χ1n) is 9.19. The molecular formula is C21H26N6O. The van der Waals surface area contributed by atoms with Crippen molar-refractivity contribution in [3.8, 4) is 11.3 Å². The highest BCUT2D eigenvalue weighted by Gasteiger charge is 2.23. The van der Waals surface area contributed by atoms with E-state index in [-0.39, 0.29) is 11.9 Å². The van der Waals surface area contributed by atoms with Crippen molar-refractivity contribution in [1.82, 2.24) is 25.3 Å². The molecule has 0 radical (unpaired) electrons. The van der Waals surface area contributed by atoms with Crippen molar-refractivity contribution in [2.24, 2.45) is 0 Å². The van der Waals surface area contributed by atoms with Gasteiger partial charge in [0.1, 0.15) is 0 Å². The number of carbonyl (C=O) groups excluding carboxylic acids is 1. The first kappa shape index (κ1) is 19.5. The number of anilines is 1. The van der Waals surface area contributed by atoms with Crippen LogP contribution in [-0.2, 0) is 0 Å². The number of H-pyrrole nitrogens is 1. The molecule has 0 aliphatic carbocycles. The zero-order valence-corrected chi connectivity index (χ0v) is 17.2. The van der Waals surface area contributed by atoms with Gasteiger partial charge in [0.25, 0.3) is 5.91 Å². The molecule has 2 heterocycles. The lowest BCUT2D eigenvalue weighted by atomic mass is 10.0. The maximum absolute atomic E-state index is 12.9. The number of nitrogens with one attached hydrogen (secondary N) is 1. The number of aromatic amines is 1. The summed E-state index contributed by atoms with van der Waals surface area (Å²) in [6.45, 7) is 5.94. The van der Waals surface area contributed by atoms with Crippen LogP contribution in [0.25, 0.3) is 11.3 Å². The van der Waals surface area contributed by atoms with Gasteiger partial charge >= 0.3 is 0 Å². The summed E-state index contributed by atoms with van der Waals surface area (Å²) < 4.78 is 0. The lowest BCUT2D eigenvalue weighted by Crippen LogP contribution is -2.30. The molecule has 0 saturated heterocycles. The van der Waals surface area contributed by atoms with Crippen molar-refractivity contribution in [2.75, 3.05) is 26.0 Å². The topological polar surface area (TPSA) is 78.0 Å². The van der Waals surface area contributed by atoms with Crippen molar-refractivity contribution in [3.63, 3.8) is 0 Å². The van der Waals surface area contributed by atoms with Gasteiger partial charge in [-0.05, 0) is 45.0 Å². The van der Waals surface area contributed by atoms with E-state index < -0.39 is 0 Å². The van der Waals surface area contributed by atoms with Crippen molar-refractivity contribution in [1.29, 1.82) is 0 Å². The van der Waals surface area contributed by atoms with Crippen molar-refractivity contribution in [3.05, 3.63) is 58.9 Å². The average molecular weight is 378 g/mol. The zero-order chi connectivity index (χ0) is 20.4. The number of aromatic nitrogens is 4. The molecule has 0 fully saturated rings. The molecule has 1 aromatic carbocycles. The van der Waals surface area contributed by atoms with E-state index in [1.54, 1.807) is 4.90 Å². The second-order valence-electron chi connectivity index (χ2n) is 7.19. The van der Waals surface area contributed by atoms with Gasteiger partial charge in [-0.3, -0.25) is 9.89 Å². The Kier molecular flexibility index (Phi) is 5.44. The van der Waals surface area contributed by atoms with Crippen LogP contribution in [-0.4, -0.2) is 52.3 Å². The van der Waals surface area contributed by atoms with Gasteiger partial charge in [-0.25, -0.2) is 0 Å². The minimum absolute atomic E-state index is 0.0342. The van der Waals surface area contributed by atoms with E-state index in [1.165, 1.54) is 0 Å². The summed E-state index contributed by atoms with van der Waals surface area (Å²) in [5.41, 5.74) is 5.29. The number of hydrogen-bond donors (Lipinski definition) is 1. The predicted molar refractivity (Wildman–Crippen MR) is 110 cm³/mol. The summed E-state index contributed by atoms with van der Waals surface area (Å²) >= 11 is 0. The fraction of sp³-hybridized carbons (Fsp3) is 0.333. The van der Waals surface area contributed by atoms with E-state index in [0.29, 0.717) is 5.56 Å². The summed E-state index contributed by atoms with van der Waals surface area (Å²) in [6.07, 6.45) is 0. The Morgan fingerprint density at radius 1 is 1.00 bits per heavy atom. The van der Waals surface area contributed by atoms with E-state index in [0.717, 1.165) is 34.0 Å². The second kappa shape index (κ2) is 7.80. The largest absolute Gasteiger partial charge is 0.361 e. The molecule has 7 nitrogen and oxygen atoms in total. The number of nitrogens with zero attached hydrogens (tertiary/aromatic N) is 5. The average Bonchev–Trinajstić information content (AvgIpc) is 3.04. The van der Waals surface area contributed by atoms with Crippen LogP contribution in [0.2, 0.25) is 0 Å². The third-order valence-electron chi connectivity index (χ3n) is 5.04. The Bertz CT molecular complexity index is 940. The molecule has 0 aliphatic heterocycles. The van der Waals surface area contributed by atoms with Gasteiger partial charge in [-0.2, -0.15) is 5.10 Å². The standard InChI is InChI=1S/C21H26N6O/c1-13-20(14(2)23-22-13)15(3)27(6)21(28)17-9-7-16(8-10-17)18-11-12-19(25-24-18)26(4)5/h7-12,15H,1-6H3,(H,22,23)/t15-/m0/s1. The highest BCUT2D eigenvalue weighted by molar-refractivity contribution is 5.94. The lowest BCUT2D eigenvalue weighted by molar-refractivity contribution is 0.0742. The Labute approximate surface area is 165 Å². The van der Waals surface area contributed by atoms with E-state index in [9.17, 15) is 4.79 Å². The Morgan fingerprint density at radius 2 is 1.68 bits per heavy atom. The summed E-state index contributed by atoms with van der Waals surface area (Å²) in [5, 5.41) is 15.7. The summed E-state index contributed by atoms with van der Waals surface area (Å²) in [6, 6.07) is 11.2. The molecule has 1 N–H and O–H groups in total. The van der Waals surface area contributed by atoms with Crippen LogP contribution >= 0.6 is 0 Å². The van der Waals surface area contributed by atoms with Gasteiger partial charge < -0.3 is 9.80 Å². The van der Waals surface area contributed by atoms with Crippen molar-refractivity contribution < 1.29 is 4.79 Å². The first-order valence-corrected chi connectivity index (χ1v) is 9.19. The Balaban J connectivity index is 1.78. The lowest BCUT2D eigenvalue weighted by Gasteiger charge is -2.25. The summed E-state index contributed by atoms with van der Waals surface area (Å²) in [4.78, 5) is 16.6. The van der Waals surface area contributed by atoms with Gasteiger partial charge in [0, 0.05) is 43.5 Å².